The van der Waals surface area contributed by atoms with E-state index in [1.807, 2.05) is 35.2 Å². The van der Waals surface area contributed by atoms with E-state index in [1.54, 1.807) is 12.1 Å². The van der Waals surface area contributed by atoms with Gasteiger partial charge in [-0.05, 0) is 49.9 Å². The maximum absolute atomic E-state index is 12.7. The molecule has 0 spiro atoms. The van der Waals surface area contributed by atoms with Crippen molar-refractivity contribution in [2.45, 2.75) is 38.3 Å². The van der Waals surface area contributed by atoms with E-state index in [0.717, 1.165) is 57.4 Å². The van der Waals surface area contributed by atoms with Crippen molar-refractivity contribution in [1.29, 1.82) is 0 Å². The second kappa shape index (κ2) is 9.27. The first-order valence-corrected chi connectivity index (χ1v) is 10.6. The Morgan fingerprint density at radius 3 is 2.52 bits per heavy atom. The summed E-state index contributed by atoms with van der Waals surface area (Å²) >= 11 is 0. The van der Waals surface area contributed by atoms with Crippen LogP contribution in [0, 0.1) is 5.92 Å². The second-order valence-electron chi connectivity index (χ2n) is 8.04. The number of benzene rings is 1. The zero-order valence-electron chi connectivity index (χ0n) is 16.8. The molecule has 2 aliphatic rings. The summed E-state index contributed by atoms with van der Waals surface area (Å²) in [7, 11) is 0. The number of furan rings is 1. The van der Waals surface area contributed by atoms with Crippen LogP contribution in [-0.4, -0.2) is 53.8 Å². The zero-order chi connectivity index (χ0) is 20.1. The molecular formula is C23H29N3O3. The second-order valence-corrected chi connectivity index (χ2v) is 8.04. The summed E-state index contributed by atoms with van der Waals surface area (Å²) in [5.41, 5.74) is 1.13. The summed E-state index contributed by atoms with van der Waals surface area (Å²) in [6.07, 6.45) is 5.44. The lowest BCUT2D eigenvalue weighted by Gasteiger charge is -2.41. The number of carbonyl (C=O) groups is 2. The first kappa shape index (κ1) is 19.7. The van der Waals surface area contributed by atoms with Crippen LogP contribution in [0.1, 0.15) is 41.8 Å². The Labute approximate surface area is 171 Å². The highest BCUT2D eigenvalue weighted by molar-refractivity contribution is 5.91. The molecule has 1 unspecified atom stereocenters. The first-order chi connectivity index (χ1) is 14.2. The molecule has 1 aromatic carbocycles. The maximum atomic E-state index is 12.7. The fourth-order valence-corrected chi connectivity index (χ4v) is 4.47. The van der Waals surface area contributed by atoms with Crippen molar-refractivity contribution < 1.29 is 14.0 Å². The predicted octanol–water partition coefficient (Wildman–Crippen LogP) is 2.91. The third kappa shape index (κ3) is 4.88. The molecule has 2 aromatic rings. The number of nitrogens with zero attached hydrogens (tertiary/aromatic N) is 2. The molecule has 1 atom stereocenters. The fraction of sp³-hybridized carbons (Fsp3) is 0.478. The molecule has 29 heavy (non-hydrogen) atoms. The summed E-state index contributed by atoms with van der Waals surface area (Å²) in [5.74, 6) is 0.598. The molecule has 6 nitrogen and oxygen atoms in total. The van der Waals surface area contributed by atoms with Gasteiger partial charge in [0.05, 0.1) is 12.2 Å². The van der Waals surface area contributed by atoms with Crippen LogP contribution in [-0.2, 0) is 11.3 Å². The van der Waals surface area contributed by atoms with Crippen LogP contribution >= 0.6 is 0 Å². The molecule has 0 bridgehead atoms. The van der Waals surface area contributed by atoms with Crippen LogP contribution in [0.4, 0.5) is 0 Å². The molecule has 0 radical (unpaired) electrons. The molecule has 0 saturated carbocycles. The minimum Gasteiger partial charge on any atom is -0.459 e. The van der Waals surface area contributed by atoms with E-state index in [2.05, 4.69) is 10.2 Å². The number of piperidine rings is 2. The molecule has 154 valence electrons. The summed E-state index contributed by atoms with van der Waals surface area (Å²) in [6.45, 7) is 3.93. The first-order valence-electron chi connectivity index (χ1n) is 10.6. The highest BCUT2D eigenvalue weighted by atomic mass is 16.3. The number of hydrogen-bond acceptors (Lipinski definition) is 4. The van der Waals surface area contributed by atoms with Gasteiger partial charge in [0.2, 0.25) is 5.91 Å². The molecule has 3 heterocycles. The number of rotatable bonds is 5. The molecule has 2 fully saturated rings. The number of carbonyl (C=O) groups excluding carboxylic acids is 2. The third-order valence-corrected chi connectivity index (χ3v) is 6.13. The van der Waals surface area contributed by atoms with E-state index < -0.39 is 0 Å². The Balaban J connectivity index is 1.25. The van der Waals surface area contributed by atoms with E-state index in [1.165, 1.54) is 6.26 Å². The largest absolute Gasteiger partial charge is 0.459 e. The van der Waals surface area contributed by atoms with Crippen molar-refractivity contribution in [2.24, 2.45) is 5.92 Å². The minimum atomic E-state index is -0.0229. The SMILES string of the molecule is O=C(NCc1ccccc1)C1CCCN(C2CCN(C(=O)c3ccco3)CC2)C1. The molecule has 2 aliphatic heterocycles. The lowest BCUT2D eigenvalue weighted by atomic mass is 9.93. The highest BCUT2D eigenvalue weighted by Crippen LogP contribution is 2.25. The Hall–Kier alpha value is -2.60. The van der Waals surface area contributed by atoms with Crippen LogP contribution in [0.15, 0.2) is 53.1 Å². The van der Waals surface area contributed by atoms with Crippen LogP contribution < -0.4 is 5.32 Å². The third-order valence-electron chi connectivity index (χ3n) is 6.13. The monoisotopic (exact) mass is 395 g/mol. The van der Waals surface area contributed by atoms with Crippen molar-refractivity contribution in [3.8, 4) is 0 Å². The Morgan fingerprint density at radius 2 is 1.79 bits per heavy atom. The Bertz CT molecular complexity index is 798. The van der Waals surface area contributed by atoms with Crippen molar-refractivity contribution in [3.63, 3.8) is 0 Å². The summed E-state index contributed by atoms with van der Waals surface area (Å²) in [6, 6.07) is 13.9. The Kier molecular flexibility index (Phi) is 6.30. The van der Waals surface area contributed by atoms with Crippen molar-refractivity contribution in [1.82, 2.24) is 15.1 Å². The zero-order valence-corrected chi connectivity index (χ0v) is 16.8. The van der Waals surface area contributed by atoms with E-state index >= 15 is 0 Å². The van der Waals surface area contributed by atoms with Gasteiger partial charge in [-0.25, -0.2) is 0 Å². The maximum Gasteiger partial charge on any atom is 0.289 e. The van der Waals surface area contributed by atoms with Crippen molar-refractivity contribution >= 4 is 11.8 Å². The molecule has 4 rings (SSSR count). The van der Waals surface area contributed by atoms with Gasteiger partial charge in [0.25, 0.3) is 5.91 Å². The lowest BCUT2D eigenvalue weighted by Crippen LogP contribution is -2.51. The van der Waals surface area contributed by atoms with E-state index in [4.69, 9.17) is 4.42 Å². The predicted molar refractivity (Wildman–Crippen MR) is 110 cm³/mol. The topological polar surface area (TPSA) is 65.8 Å². The number of likely N-dealkylation sites (tertiary alicyclic amines) is 2. The van der Waals surface area contributed by atoms with Gasteiger partial charge in [0.1, 0.15) is 0 Å². The molecule has 2 saturated heterocycles. The van der Waals surface area contributed by atoms with E-state index in [9.17, 15) is 9.59 Å². The molecule has 0 aliphatic carbocycles. The molecule has 1 N–H and O–H groups in total. The molecule has 2 amide bonds. The Morgan fingerprint density at radius 1 is 1.00 bits per heavy atom. The standard InChI is InChI=1S/C23H29N3O3/c27-22(24-16-18-6-2-1-3-7-18)19-8-4-12-26(17-19)20-10-13-25(14-11-20)23(28)21-9-5-15-29-21/h1-3,5-7,9,15,19-20H,4,8,10-14,16-17H2,(H,24,27). The molecule has 1 aromatic heterocycles. The highest BCUT2D eigenvalue weighted by Gasteiger charge is 2.33. The fourth-order valence-electron chi connectivity index (χ4n) is 4.47. The summed E-state index contributed by atoms with van der Waals surface area (Å²) < 4.78 is 5.24. The van der Waals surface area contributed by atoms with E-state index in [0.29, 0.717) is 18.3 Å². The summed E-state index contributed by atoms with van der Waals surface area (Å²) in [5, 5.41) is 3.10. The lowest BCUT2D eigenvalue weighted by molar-refractivity contribution is -0.127. The van der Waals surface area contributed by atoms with Gasteiger partial charge in [-0.2, -0.15) is 0 Å². The van der Waals surface area contributed by atoms with Crippen molar-refractivity contribution in [2.75, 3.05) is 26.2 Å². The van der Waals surface area contributed by atoms with Crippen LogP contribution in [0.25, 0.3) is 0 Å². The minimum absolute atomic E-state index is 0.0229. The van der Waals surface area contributed by atoms with Gasteiger partial charge in [0.15, 0.2) is 5.76 Å². The average Bonchev–Trinajstić information content (AvgIpc) is 3.33. The van der Waals surface area contributed by atoms with Gasteiger partial charge in [0, 0.05) is 32.2 Å². The number of hydrogen-bond donors (Lipinski definition) is 1. The number of amides is 2. The van der Waals surface area contributed by atoms with Gasteiger partial charge in [-0.1, -0.05) is 30.3 Å². The normalized spacial score (nSPS) is 21.1. The van der Waals surface area contributed by atoms with Gasteiger partial charge >= 0.3 is 0 Å². The van der Waals surface area contributed by atoms with Gasteiger partial charge < -0.3 is 14.6 Å². The van der Waals surface area contributed by atoms with Crippen LogP contribution in [0.3, 0.4) is 0 Å². The summed E-state index contributed by atoms with van der Waals surface area (Å²) in [4.78, 5) is 29.5. The number of nitrogens with one attached hydrogen (secondary N) is 1. The molecular weight excluding hydrogens is 366 g/mol. The van der Waals surface area contributed by atoms with Crippen LogP contribution in [0.5, 0.6) is 0 Å². The van der Waals surface area contributed by atoms with Crippen LogP contribution in [0.2, 0.25) is 0 Å². The smallest absolute Gasteiger partial charge is 0.289 e. The van der Waals surface area contributed by atoms with Gasteiger partial charge in [-0.3, -0.25) is 14.5 Å². The quantitative estimate of drug-likeness (QED) is 0.845. The average molecular weight is 396 g/mol. The van der Waals surface area contributed by atoms with Gasteiger partial charge in [-0.15, -0.1) is 0 Å². The van der Waals surface area contributed by atoms with E-state index in [-0.39, 0.29) is 17.7 Å². The van der Waals surface area contributed by atoms with Crippen molar-refractivity contribution in [3.05, 3.63) is 60.1 Å². The molecule has 6 heteroatoms.